The summed E-state index contributed by atoms with van der Waals surface area (Å²) in [5.41, 5.74) is 3.34. The van der Waals surface area contributed by atoms with Gasteiger partial charge in [-0.1, -0.05) is 103 Å². The number of ether oxygens (including phenoxy) is 3. The summed E-state index contributed by atoms with van der Waals surface area (Å²) in [6.07, 6.45) is -1.56. The van der Waals surface area contributed by atoms with E-state index >= 15 is 0 Å². The molecule has 4 aromatic rings. The molecule has 0 heterocycles. The molecule has 1 N–H and O–H groups in total. The summed E-state index contributed by atoms with van der Waals surface area (Å²) in [7, 11) is 1.57. The predicted octanol–water partition coefficient (Wildman–Crippen LogP) is 6.80. The van der Waals surface area contributed by atoms with Gasteiger partial charge in [-0.3, -0.25) is 0 Å². The Morgan fingerprint density at radius 3 is 1.84 bits per heavy atom. The largest absolute Gasteiger partial charge is 0.485 e. The maximum atomic E-state index is 12.5. The van der Waals surface area contributed by atoms with Gasteiger partial charge in [0.1, 0.15) is 19.8 Å². The number of benzene rings is 4. The molecule has 6 nitrogen and oxygen atoms in total. The van der Waals surface area contributed by atoms with E-state index in [9.17, 15) is 9.90 Å². The second-order valence-electron chi connectivity index (χ2n) is 8.82. The summed E-state index contributed by atoms with van der Waals surface area (Å²) in [4.78, 5) is 13.8. The molecule has 0 aromatic heterocycles. The summed E-state index contributed by atoms with van der Waals surface area (Å²) in [5.74, 6) is 0.790. The molecule has 0 spiro atoms. The molecule has 0 saturated heterocycles. The predicted molar refractivity (Wildman–Crippen MR) is 147 cm³/mol. The van der Waals surface area contributed by atoms with Crippen LogP contribution in [0.2, 0.25) is 5.02 Å². The lowest BCUT2D eigenvalue weighted by molar-refractivity contribution is 0.0786. The van der Waals surface area contributed by atoms with Crippen LogP contribution in [-0.4, -0.2) is 29.7 Å². The van der Waals surface area contributed by atoms with Crippen molar-refractivity contribution in [1.82, 2.24) is 4.90 Å². The van der Waals surface area contributed by atoms with Gasteiger partial charge in [-0.05, 0) is 34.4 Å². The van der Waals surface area contributed by atoms with Gasteiger partial charge in [0.2, 0.25) is 0 Å². The van der Waals surface area contributed by atoms with E-state index in [1.165, 1.54) is 4.90 Å². The van der Waals surface area contributed by atoms with Gasteiger partial charge in [-0.25, -0.2) is 4.79 Å². The lowest BCUT2D eigenvalue weighted by Crippen LogP contribution is -2.31. The molecule has 4 aromatic carbocycles. The maximum absolute atomic E-state index is 12.5. The van der Waals surface area contributed by atoms with E-state index in [2.05, 4.69) is 0 Å². The van der Waals surface area contributed by atoms with Crippen molar-refractivity contribution in [3.05, 3.63) is 130 Å². The number of likely N-dealkylation sites (N-methyl/N-ethyl adjacent to an activating group) is 1. The molecule has 7 heteroatoms. The molecular weight excluding hydrogens is 502 g/mol. The molecule has 196 valence electrons. The van der Waals surface area contributed by atoms with Crippen molar-refractivity contribution in [3.8, 4) is 11.5 Å². The Hall–Kier alpha value is -4.00. The van der Waals surface area contributed by atoms with E-state index < -0.39 is 12.2 Å². The molecule has 1 amide bonds. The summed E-state index contributed by atoms with van der Waals surface area (Å²) in [6.45, 7) is 0.757. The first-order valence-electron chi connectivity index (χ1n) is 12.3. The fourth-order valence-corrected chi connectivity index (χ4v) is 4.04. The molecule has 0 radical (unpaired) electrons. The van der Waals surface area contributed by atoms with Gasteiger partial charge in [0.25, 0.3) is 0 Å². The molecule has 0 aliphatic heterocycles. The first kappa shape index (κ1) is 27.0. The van der Waals surface area contributed by atoms with Crippen molar-refractivity contribution in [2.24, 2.45) is 0 Å². The maximum Gasteiger partial charge on any atom is 0.409 e. The lowest BCUT2D eigenvalue weighted by atomic mass is 10.1. The third-order valence-corrected chi connectivity index (χ3v) is 6.12. The van der Waals surface area contributed by atoms with Crippen molar-refractivity contribution in [2.45, 2.75) is 25.9 Å². The molecule has 4 rings (SSSR count). The van der Waals surface area contributed by atoms with Crippen LogP contribution in [0.5, 0.6) is 11.5 Å². The van der Waals surface area contributed by atoms with Crippen LogP contribution in [0.4, 0.5) is 4.79 Å². The van der Waals surface area contributed by atoms with E-state index in [1.807, 2.05) is 91.0 Å². The smallest absolute Gasteiger partial charge is 0.409 e. The molecule has 0 fully saturated rings. The van der Waals surface area contributed by atoms with Crippen LogP contribution < -0.4 is 9.47 Å². The Kier molecular flexibility index (Phi) is 9.62. The normalized spacial score (nSPS) is 11.4. The topological polar surface area (TPSA) is 68.2 Å². The highest BCUT2D eigenvalue weighted by Gasteiger charge is 2.21. The van der Waals surface area contributed by atoms with Crippen LogP contribution in [0.15, 0.2) is 103 Å². The number of nitrogens with zero attached hydrogens (tertiary/aromatic N) is 1. The van der Waals surface area contributed by atoms with Gasteiger partial charge in [0, 0.05) is 7.05 Å². The number of aliphatic hydroxyl groups excluding tert-OH is 1. The van der Waals surface area contributed by atoms with Gasteiger partial charge >= 0.3 is 6.09 Å². The number of halogens is 1. The molecule has 0 bridgehead atoms. The van der Waals surface area contributed by atoms with Crippen molar-refractivity contribution in [2.75, 3.05) is 13.6 Å². The number of carbonyl (C=O) groups is 1. The minimum Gasteiger partial charge on any atom is -0.485 e. The van der Waals surface area contributed by atoms with E-state index in [4.69, 9.17) is 25.8 Å². The number of amides is 1. The minimum atomic E-state index is -1.02. The van der Waals surface area contributed by atoms with Gasteiger partial charge in [-0.15, -0.1) is 0 Å². The molecule has 1 atom stereocenters. The zero-order valence-corrected chi connectivity index (χ0v) is 21.9. The highest BCUT2D eigenvalue weighted by molar-refractivity contribution is 6.32. The fourth-order valence-electron chi connectivity index (χ4n) is 3.76. The van der Waals surface area contributed by atoms with Crippen molar-refractivity contribution < 1.29 is 24.1 Å². The third kappa shape index (κ3) is 7.75. The molecular formula is C31H30ClNO5. The third-order valence-electron chi connectivity index (χ3n) is 5.84. The zero-order valence-electron chi connectivity index (χ0n) is 21.1. The highest BCUT2D eigenvalue weighted by Crippen LogP contribution is 2.39. The van der Waals surface area contributed by atoms with Crippen LogP contribution in [0.25, 0.3) is 0 Å². The van der Waals surface area contributed by atoms with Crippen LogP contribution >= 0.6 is 11.6 Å². The second-order valence-corrected chi connectivity index (χ2v) is 9.22. The number of hydrogen-bond donors (Lipinski definition) is 1. The van der Waals surface area contributed by atoms with Gasteiger partial charge in [0.15, 0.2) is 11.5 Å². The quantitative estimate of drug-likeness (QED) is 0.230. The van der Waals surface area contributed by atoms with Gasteiger partial charge in [0.05, 0.1) is 17.7 Å². The Morgan fingerprint density at radius 2 is 1.29 bits per heavy atom. The van der Waals surface area contributed by atoms with Gasteiger partial charge in [-0.2, -0.15) is 0 Å². The van der Waals surface area contributed by atoms with Crippen LogP contribution in [0.3, 0.4) is 0 Å². The average Bonchev–Trinajstić information content (AvgIpc) is 2.95. The molecule has 0 saturated carbocycles. The monoisotopic (exact) mass is 531 g/mol. The van der Waals surface area contributed by atoms with Gasteiger partial charge < -0.3 is 24.2 Å². The Labute approximate surface area is 228 Å². The molecule has 38 heavy (non-hydrogen) atoms. The standard InChI is InChI=1S/C31H30ClNO5/c1-33(31(35)38-22-25-15-9-4-10-16-25)19-28(34)26-17-27(32)30(37-21-24-13-7-3-8-14-24)29(18-26)36-20-23-11-5-2-6-12-23/h2-18,28,34H,19-22H2,1H3. The lowest BCUT2D eigenvalue weighted by Gasteiger charge is -2.22. The Morgan fingerprint density at radius 1 is 0.789 bits per heavy atom. The molecule has 0 aliphatic carbocycles. The van der Waals surface area contributed by atoms with Crippen molar-refractivity contribution >= 4 is 17.7 Å². The van der Waals surface area contributed by atoms with E-state index in [0.29, 0.717) is 35.3 Å². The highest BCUT2D eigenvalue weighted by atomic mass is 35.5. The molecule has 1 unspecified atom stereocenters. The van der Waals surface area contributed by atoms with E-state index in [-0.39, 0.29) is 13.2 Å². The van der Waals surface area contributed by atoms with Crippen LogP contribution in [-0.2, 0) is 24.6 Å². The number of aliphatic hydroxyl groups is 1. The Balaban J connectivity index is 1.47. The first-order valence-corrected chi connectivity index (χ1v) is 12.6. The number of carbonyl (C=O) groups excluding carboxylic acids is 1. The van der Waals surface area contributed by atoms with Crippen molar-refractivity contribution in [1.29, 1.82) is 0 Å². The molecule has 0 aliphatic rings. The minimum absolute atomic E-state index is 0.00625. The van der Waals surface area contributed by atoms with Crippen LogP contribution in [0.1, 0.15) is 28.4 Å². The average molecular weight is 532 g/mol. The second kappa shape index (κ2) is 13.5. The van der Waals surface area contributed by atoms with Crippen LogP contribution in [0, 0.1) is 0 Å². The van der Waals surface area contributed by atoms with Crippen molar-refractivity contribution in [3.63, 3.8) is 0 Å². The number of rotatable bonds is 11. The first-order chi connectivity index (χ1) is 18.5. The van der Waals surface area contributed by atoms with E-state index in [0.717, 1.165) is 16.7 Å². The summed E-state index contributed by atoms with van der Waals surface area (Å²) < 4.78 is 17.5. The number of hydrogen-bond acceptors (Lipinski definition) is 5. The zero-order chi connectivity index (χ0) is 26.7. The summed E-state index contributed by atoms with van der Waals surface area (Å²) in [5, 5.41) is 11.3. The van der Waals surface area contributed by atoms with E-state index in [1.54, 1.807) is 19.2 Å². The SMILES string of the molecule is CN(CC(O)c1cc(Cl)c(OCc2ccccc2)c(OCc2ccccc2)c1)C(=O)OCc1ccccc1. The Bertz CT molecular complexity index is 1300. The fraction of sp³-hybridized carbons (Fsp3) is 0.194. The summed E-state index contributed by atoms with van der Waals surface area (Å²) >= 11 is 6.62. The summed E-state index contributed by atoms with van der Waals surface area (Å²) in [6, 6.07) is 32.2.